The van der Waals surface area contributed by atoms with Crippen LogP contribution in [0.4, 0.5) is 0 Å². The van der Waals surface area contributed by atoms with Gasteiger partial charge in [0.15, 0.2) is 9.84 Å². The maximum absolute atomic E-state index is 12.3. The smallest absolute Gasteiger partial charge is 0.269 e. The van der Waals surface area contributed by atoms with Crippen molar-refractivity contribution < 1.29 is 22.8 Å². The molecule has 2 unspecified atom stereocenters. The fourth-order valence-electron chi connectivity index (χ4n) is 3.64. The third kappa shape index (κ3) is 4.29. The van der Waals surface area contributed by atoms with E-state index in [2.05, 4.69) is 10.9 Å². The van der Waals surface area contributed by atoms with E-state index in [-0.39, 0.29) is 36.4 Å². The Labute approximate surface area is 158 Å². The third-order valence-electron chi connectivity index (χ3n) is 5.10. The van der Waals surface area contributed by atoms with Crippen molar-refractivity contribution in [3.63, 3.8) is 0 Å². The quantitative estimate of drug-likeness (QED) is 0.708. The summed E-state index contributed by atoms with van der Waals surface area (Å²) >= 11 is 0. The summed E-state index contributed by atoms with van der Waals surface area (Å²) in [6, 6.07) is 5.02. The van der Waals surface area contributed by atoms with Crippen LogP contribution in [-0.2, 0) is 19.4 Å². The number of carbonyl (C=O) groups excluding carboxylic acids is 3. The van der Waals surface area contributed by atoms with E-state index >= 15 is 0 Å². The summed E-state index contributed by atoms with van der Waals surface area (Å²) in [4.78, 5) is 38.2. The van der Waals surface area contributed by atoms with Gasteiger partial charge in [-0.1, -0.05) is 17.7 Å². The van der Waals surface area contributed by atoms with Crippen LogP contribution in [0.15, 0.2) is 18.2 Å². The van der Waals surface area contributed by atoms with Gasteiger partial charge in [-0.05, 0) is 31.9 Å². The lowest BCUT2D eigenvalue weighted by molar-refractivity contribution is -0.130. The van der Waals surface area contributed by atoms with E-state index in [4.69, 9.17) is 0 Å². The number of benzene rings is 1. The topological polar surface area (TPSA) is 113 Å². The van der Waals surface area contributed by atoms with Gasteiger partial charge in [0.25, 0.3) is 5.91 Å². The highest BCUT2D eigenvalue weighted by molar-refractivity contribution is 7.91. The molecular formula is C18H23N3O5S. The van der Waals surface area contributed by atoms with E-state index < -0.39 is 27.6 Å². The number of hydrazine groups is 1. The molecule has 27 heavy (non-hydrogen) atoms. The summed E-state index contributed by atoms with van der Waals surface area (Å²) in [7, 11) is -3.10. The summed E-state index contributed by atoms with van der Waals surface area (Å²) in [5, 5.41) is 0. The highest BCUT2D eigenvalue weighted by Crippen LogP contribution is 2.26. The van der Waals surface area contributed by atoms with E-state index in [1.54, 1.807) is 6.07 Å². The molecule has 2 fully saturated rings. The standard InChI is InChI=1S/C18H23N3O5S/c1-11-3-4-15(12(2)7-11)18(24)20-19-17(23)13-8-16(22)21(9-13)14-5-6-27(25,26)10-14/h3-4,7,13-14H,5-6,8-10H2,1-2H3,(H,19,23)(H,20,24). The maximum Gasteiger partial charge on any atom is 0.269 e. The second-order valence-electron chi connectivity index (χ2n) is 7.27. The number of nitrogens with one attached hydrogen (secondary N) is 2. The average Bonchev–Trinajstić information content (AvgIpc) is 3.14. The lowest BCUT2D eigenvalue weighted by Gasteiger charge is -2.23. The minimum absolute atomic E-state index is 0.0157. The Morgan fingerprint density at radius 3 is 2.56 bits per heavy atom. The molecule has 0 aliphatic carbocycles. The van der Waals surface area contributed by atoms with Gasteiger partial charge in [0.05, 0.1) is 17.4 Å². The first-order valence-electron chi connectivity index (χ1n) is 8.83. The number of hydrogen-bond acceptors (Lipinski definition) is 5. The number of amides is 3. The van der Waals surface area contributed by atoms with Crippen molar-refractivity contribution in [2.45, 2.75) is 32.7 Å². The molecular weight excluding hydrogens is 370 g/mol. The number of carbonyl (C=O) groups is 3. The number of rotatable bonds is 3. The predicted octanol–water partition coefficient (Wildman–Crippen LogP) is 0.100. The van der Waals surface area contributed by atoms with Gasteiger partial charge >= 0.3 is 0 Å². The van der Waals surface area contributed by atoms with Crippen LogP contribution >= 0.6 is 0 Å². The van der Waals surface area contributed by atoms with Gasteiger partial charge in [0.2, 0.25) is 11.8 Å². The van der Waals surface area contributed by atoms with Crippen LogP contribution in [-0.4, -0.2) is 55.1 Å². The molecule has 1 aromatic carbocycles. The highest BCUT2D eigenvalue weighted by Gasteiger charge is 2.42. The molecule has 0 radical (unpaired) electrons. The Balaban J connectivity index is 1.56. The van der Waals surface area contributed by atoms with Crippen LogP contribution < -0.4 is 10.9 Å². The van der Waals surface area contributed by atoms with Crippen molar-refractivity contribution >= 4 is 27.6 Å². The first kappa shape index (κ1) is 19.3. The predicted molar refractivity (Wildman–Crippen MR) is 98.4 cm³/mol. The molecule has 2 aliphatic rings. The van der Waals surface area contributed by atoms with Crippen LogP contribution in [0, 0.1) is 19.8 Å². The van der Waals surface area contributed by atoms with Gasteiger partial charge in [-0.2, -0.15) is 0 Å². The average molecular weight is 393 g/mol. The lowest BCUT2D eigenvalue weighted by atomic mass is 10.1. The summed E-state index contributed by atoms with van der Waals surface area (Å²) in [6.07, 6.45) is 0.424. The van der Waals surface area contributed by atoms with Gasteiger partial charge in [0, 0.05) is 24.6 Å². The molecule has 2 atom stereocenters. The van der Waals surface area contributed by atoms with Gasteiger partial charge in [-0.3, -0.25) is 25.2 Å². The molecule has 3 rings (SSSR count). The largest absolute Gasteiger partial charge is 0.338 e. The summed E-state index contributed by atoms with van der Waals surface area (Å²) in [5.74, 6) is -1.69. The van der Waals surface area contributed by atoms with Crippen LogP contribution in [0.5, 0.6) is 0 Å². The summed E-state index contributed by atoms with van der Waals surface area (Å²) in [6.45, 7) is 3.91. The first-order chi connectivity index (χ1) is 12.7. The van der Waals surface area contributed by atoms with E-state index in [9.17, 15) is 22.8 Å². The van der Waals surface area contributed by atoms with Crippen LogP contribution in [0.2, 0.25) is 0 Å². The zero-order valence-electron chi connectivity index (χ0n) is 15.3. The Hall–Kier alpha value is -2.42. The van der Waals surface area contributed by atoms with Crippen LogP contribution in [0.25, 0.3) is 0 Å². The normalized spacial score (nSPS) is 24.1. The molecule has 2 heterocycles. The maximum atomic E-state index is 12.3. The van der Waals surface area contributed by atoms with Gasteiger partial charge in [0.1, 0.15) is 0 Å². The Bertz CT molecular complexity index is 896. The fraction of sp³-hybridized carbons (Fsp3) is 0.500. The zero-order valence-corrected chi connectivity index (χ0v) is 16.1. The molecule has 3 amide bonds. The van der Waals surface area contributed by atoms with Crippen molar-refractivity contribution in [2.24, 2.45) is 5.92 Å². The number of likely N-dealkylation sites (tertiary alicyclic amines) is 1. The van der Waals surface area contributed by atoms with Crippen molar-refractivity contribution in [3.8, 4) is 0 Å². The minimum atomic E-state index is -3.10. The molecule has 0 bridgehead atoms. The van der Waals surface area contributed by atoms with Crippen molar-refractivity contribution in [1.82, 2.24) is 15.8 Å². The second-order valence-corrected chi connectivity index (χ2v) is 9.49. The number of hydrogen-bond donors (Lipinski definition) is 2. The van der Waals surface area contributed by atoms with Gasteiger partial charge < -0.3 is 4.90 Å². The molecule has 146 valence electrons. The molecule has 2 saturated heterocycles. The molecule has 1 aromatic rings. The molecule has 0 aromatic heterocycles. The van der Waals surface area contributed by atoms with Crippen molar-refractivity contribution in [3.05, 3.63) is 34.9 Å². The van der Waals surface area contributed by atoms with Crippen molar-refractivity contribution in [1.29, 1.82) is 0 Å². The van der Waals surface area contributed by atoms with Crippen LogP contribution in [0.3, 0.4) is 0 Å². The van der Waals surface area contributed by atoms with E-state index in [0.29, 0.717) is 12.0 Å². The monoisotopic (exact) mass is 393 g/mol. The fourth-order valence-corrected chi connectivity index (χ4v) is 5.37. The summed E-state index contributed by atoms with van der Waals surface area (Å²) in [5.41, 5.74) is 7.05. The van der Waals surface area contributed by atoms with E-state index in [1.807, 2.05) is 26.0 Å². The number of nitrogens with zero attached hydrogens (tertiary/aromatic N) is 1. The molecule has 8 nitrogen and oxygen atoms in total. The molecule has 0 saturated carbocycles. The van der Waals surface area contributed by atoms with E-state index in [0.717, 1.165) is 11.1 Å². The molecule has 2 aliphatic heterocycles. The Morgan fingerprint density at radius 1 is 1.19 bits per heavy atom. The Kier molecular flexibility index (Phi) is 5.23. The van der Waals surface area contributed by atoms with Gasteiger partial charge in [-0.25, -0.2) is 8.42 Å². The summed E-state index contributed by atoms with van der Waals surface area (Å²) < 4.78 is 23.2. The number of sulfone groups is 1. The van der Waals surface area contributed by atoms with Gasteiger partial charge in [-0.15, -0.1) is 0 Å². The molecule has 0 spiro atoms. The highest BCUT2D eigenvalue weighted by atomic mass is 32.2. The molecule has 9 heteroatoms. The molecule has 2 N–H and O–H groups in total. The lowest BCUT2D eigenvalue weighted by Crippen LogP contribution is -2.45. The zero-order chi connectivity index (χ0) is 19.8. The first-order valence-corrected chi connectivity index (χ1v) is 10.7. The second kappa shape index (κ2) is 7.30. The third-order valence-corrected chi connectivity index (χ3v) is 6.85. The van der Waals surface area contributed by atoms with Crippen molar-refractivity contribution in [2.75, 3.05) is 18.1 Å². The van der Waals surface area contributed by atoms with Crippen LogP contribution in [0.1, 0.15) is 34.3 Å². The Morgan fingerprint density at radius 2 is 1.93 bits per heavy atom. The SMILES string of the molecule is Cc1ccc(C(=O)NNC(=O)C2CC(=O)N(C3CCS(=O)(=O)C3)C2)c(C)c1. The number of aryl methyl sites for hydroxylation is 2. The van der Waals surface area contributed by atoms with E-state index in [1.165, 1.54) is 4.90 Å². The minimum Gasteiger partial charge on any atom is -0.338 e.